The van der Waals surface area contributed by atoms with Crippen molar-refractivity contribution in [3.63, 3.8) is 0 Å². The molecule has 0 aliphatic rings. The lowest BCUT2D eigenvalue weighted by atomic mass is 10.2. The Labute approximate surface area is 127 Å². The highest BCUT2D eigenvalue weighted by Crippen LogP contribution is 2.23. The van der Waals surface area contributed by atoms with Gasteiger partial charge in [0.15, 0.2) is 0 Å². The van der Waals surface area contributed by atoms with E-state index in [0.29, 0.717) is 17.7 Å². The maximum atomic E-state index is 12.3. The van der Waals surface area contributed by atoms with Gasteiger partial charge in [-0.1, -0.05) is 0 Å². The molecular weight excluding hydrogens is 359 g/mol. The van der Waals surface area contributed by atoms with Crippen molar-refractivity contribution in [3.05, 3.63) is 20.8 Å². The number of carbonyl (C=O) groups excluding carboxylic acids is 1. The maximum absolute atomic E-state index is 12.3. The lowest BCUT2D eigenvalue weighted by Gasteiger charge is -2.23. The molecule has 0 aliphatic carbocycles. The highest BCUT2D eigenvalue weighted by atomic mass is 79.9. The smallest absolute Gasteiger partial charge is 0.395 e. The molecule has 3 nitrogen and oxygen atoms in total. The molecule has 1 amide bonds. The van der Waals surface area contributed by atoms with Crippen LogP contribution in [0, 0.1) is 0 Å². The molecule has 0 spiro atoms. The number of hydrogen-bond donors (Lipinski definition) is 1. The van der Waals surface area contributed by atoms with Crippen molar-refractivity contribution in [1.29, 1.82) is 0 Å². The van der Waals surface area contributed by atoms with Gasteiger partial charge in [0.2, 0.25) is 5.91 Å². The zero-order valence-corrected chi connectivity index (χ0v) is 13.0. The number of carbonyl (C=O) groups is 1. The van der Waals surface area contributed by atoms with Crippen molar-refractivity contribution in [2.45, 2.75) is 25.4 Å². The van der Waals surface area contributed by atoms with Crippen LogP contribution in [0.4, 0.5) is 13.2 Å². The van der Waals surface area contributed by atoms with E-state index in [-0.39, 0.29) is 13.0 Å². The van der Waals surface area contributed by atoms with E-state index in [4.69, 9.17) is 5.11 Å². The first kappa shape index (κ1) is 17.5. The number of halogens is 4. The molecule has 1 aromatic rings. The number of aryl methyl sites for hydroxylation is 1. The molecule has 114 valence electrons. The van der Waals surface area contributed by atoms with Crippen LogP contribution >= 0.6 is 27.3 Å². The van der Waals surface area contributed by atoms with Crippen molar-refractivity contribution < 1.29 is 23.1 Å². The van der Waals surface area contributed by atoms with Crippen LogP contribution < -0.4 is 0 Å². The summed E-state index contributed by atoms with van der Waals surface area (Å²) >= 11 is 4.86. The normalized spacial score (nSPS) is 11.7. The van der Waals surface area contributed by atoms with Crippen LogP contribution in [0.15, 0.2) is 15.9 Å². The molecule has 0 unspecified atom stereocenters. The summed E-state index contributed by atoms with van der Waals surface area (Å²) in [6, 6.07) is 3.81. The van der Waals surface area contributed by atoms with Gasteiger partial charge in [-0.2, -0.15) is 13.2 Å². The molecule has 0 aliphatic heterocycles. The van der Waals surface area contributed by atoms with Crippen LogP contribution in [0.1, 0.15) is 17.7 Å². The molecule has 0 saturated heterocycles. The fourth-order valence-electron chi connectivity index (χ4n) is 1.69. The lowest BCUT2D eigenvalue weighted by Crippen LogP contribution is -2.40. The van der Waals surface area contributed by atoms with E-state index < -0.39 is 25.2 Å². The van der Waals surface area contributed by atoms with Crippen molar-refractivity contribution in [3.8, 4) is 0 Å². The zero-order chi connectivity index (χ0) is 15.2. The van der Waals surface area contributed by atoms with E-state index in [2.05, 4.69) is 15.9 Å². The second kappa shape index (κ2) is 7.99. The number of hydrogen-bond acceptors (Lipinski definition) is 3. The molecule has 0 fully saturated rings. The predicted molar refractivity (Wildman–Crippen MR) is 74.7 cm³/mol. The zero-order valence-electron chi connectivity index (χ0n) is 10.6. The molecule has 1 heterocycles. The third kappa shape index (κ3) is 6.71. The Morgan fingerprint density at radius 2 is 2.10 bits per heavy atom. The van der Waals surface area contributed by atoms with Crippen molar-refractivity contribution in [2.24, 2.45) is 0 Å². The fourth-order valence-corrected chi connectivity index (χ4v) is 3.21. The minimum absolute atomic E-state index is 0.0472. The second-order valence-corrected chi connectivity index (χ2v) is 6.76. The first-order valence-corrected chi connectivity index (χ1v) is 7.62. The Bertz CT molecular complexity index is 437. The minimum atomic E-state index is -4.44. The molecule has 20 heavy (non-hydrogen) atoms. The number of aliphatic hydroxyl groups excluding tert-OH is 1. The van der Waals surface area contributed by atoms with E-state index in [9.17, 15) is 18.0 Å². The van der Waals surface area contributed by atoms with Crippen LogP contribution in [0.3, 0.4) is 0 Å². The Balaban J connectivity index is 2.41. The van der Waals surface area contributed by atoms with E-state index in [1.54, 1.807) is 0 Å². The van der Waals surface area contributed by atoms with Gasteiger partial charge in [-0.05, 0) is 40.9 Å². The molecule has 1 aromatic heterocycles. The summed E-state index contributed by atoms with van der Waals surface area (Å²) in [6.45, 7) is -2.07. The summed E-state index contributed by atoms with van der Waals surface area (Å²) in [5, 5.41) is 8.72. The Morgan fingerprint density at radius 1 is 1.40 bits per heavy atom. The van der Waals surface area contributed by atoms with Gasteiger partial charge in [-0.25, -0.2) is 0 Å². The fraction of sp³-hybridized carbons (Fsp3) is 0.583. The first-order chi connectivity index (χ1) is 9.31. The van der Waals surface area contributed by atoms with Gasteiger partial charge in [-0.15, -0.1) is 11.3 Å². The topological polar surface area (TPSA) is 40.5 Å². The number of alkyl halides is 3. The van der Waals surface area contributed by atoms with Crippen LogP contribution in [0.25, 0.3) is 0 Å². The van der Waals surface area contributed by atoms with Crippen LogP contribution in [-0.4, -0.2) is 41.8 Å². The van der Waals surface area contributed by atoms with Crippen LogP contribution in [0.2, 0.25) is 0 Å². The van der Waals surface area contributed by atoms with E-state index in [1.807, 2.05) is 12.1 Å². The third-order valence-corrected chi connectivity index (χ3v) is 4.22. The van der Waals surface area contributed by atoms with Gasteiger partial charge in [0.25, 0.3) is 0 Å². The van der Waals surface area contributed by atoms with Gasteiger partial charge >= 0.3 is 6.18 Å². The summed E-state index contributed by atoms with van der Waals surface area (Å²) in [7, 11) is 0. The number of amides is 1. The van der Waals surface area contributed by atoms with E-state index >= 15 is 0 Å². The predicted octanol–water partition coefficient (Wildman–Crippen LogP) is 3.22. The summed E-state index contributed by atoms with van der Waals surface area (Å²) in [5.74, 6) is -0.577. The number of thiophene rings is 1. The van der Waals surface area contributed by atoms with Gasteiger partial charge in [0, 0.05) is 17.8 Å². The number of rotatable bonds is 7. The Kier molecular flexibility index (Phi) is 6.97. The second-order valence-electron chi connectivity index (χ2n) is 4.21. The van der Waals surface area contributed by atoms with Crippen LogP contribution in [-0.2, 0) is 11.2 Å². The molecule has 0 atom stereocenters. The molecule has 0 radical (unpaired) electrons. The van der Waals surface area contributed by atoms with Gasteiger partial charge in [0.05, 0.1) is 10.4 Å². The van der Waals surface area contributed by atoms with Gasteiger partial charge < -0.3 is 10.0 Å². The quantitative estimate of drug-likeness (QED) is 0.796. The van der Waals surface area contributed by atoms with Gasteiger partial charge in [0.1, 0.15) is 6.54 Å². The average Bonchev–Trinajstić information content (AvgIpc) is 2.73. The van der Waals surface area contributed by atoms with Crippen LogP contribution in [0.5, 0.6) is 0 Å². The molecule has 0 aromatic carbocycles. The van der Waals surface area contributed by atoms with E-state index in [0.717, 1.165) is 8.66 Å². The SMILES string of the molecule is O=C(CCCc1ccc(Br)s1)N(CCO)CC(F)(F)F. The monoisotopic (exact) mass is 373 g/mol. The summed E-state index contributed by atoms with van der Waals surface area (Å²) < 4.78 is 37.9. The molecule has 0 bridgehead atoms. The Hall–Kier alpha value is -0.600. The summed E-state index contributed by atoms with van der Waals surface area (Å²) in [5.41, 5.74) is 0. The summed E-state index contributed by atoms with van der Waals surface area (Å²) in [4.78, 5) is 13.5. The average molecular weight is 374 g/mol. The molecular formula is C12H15BrF3NO2S. The first-order valence-electron chi connectivity index (χ1n) is 6.01. The standard InChI is InChI=1S/C12H15BrF3NO2S/c13-10-5-4-9(20-10)2-1-3-11(19)17(6-7-18)8-12(14,15)16/h4-5,18H,1-3,6-8H2. The molecule has 1 rings (SSSR count). The molecule has 0 saturated carbocycles. The van der Waals surface area contributed by atoms with Gasteiger partial charge in [-0.3, -0.25) is 4.79 Å². The maximum Gasteiger partial charge on any atom is 0.406 e. The van der Waals surface area contributed by atoms with Crippen molar-refractivity contribution >= 4 is 33.2 Å². The number of aliphatic hydroxyl groups is 1. The highest BCUT2D eigenvalue weighted by Gasteiger charge is 2.32. The van der Waals surface area contributed by atoms with E-state index in [1.165, 1.54) is 11.3 Å². The minimum Gasteiger partial charge on any atom is -0.395 e. The van der Waals surface area contributed by atoms with Crippen molar-refractivity contribution in [2.75, 3.05) is 19.7 Å². The molecule has 1 N–H and O–H groups in total. The lowest BCUT2D eigenvalue weighted by molar-refractivity contribution is -0.162. The van der Waals surface area contributed by atoms with Crippen molar-refractivity contribution in [1.82, 2.24) is 4.90 Å². The third-order valence-electron chi connectivity index (χ3n) is 2.54. The largest absolute Gasteiger partial charge is 0.406 e. The number of nitrogens with zero attached hydrogens (tertiary/aromatic N) is 1. The molecule has 8 heteroatoms. The highest BCUT2D eigenvalue weighted by molar-refractivity contribution is 9.11. The summed E-state index contributed by atoms with van der Waals surface area (Å²) in [6.07, 6.45) is -3.25. The Morgan fingerprint density at radius 3 is 2.60 bits per heavy atom.